The predicted octanol–water partition coefficient (Wildman–Crippen LogP) is 5.02. The van der Waals surface area contributed by atoms with E-state index in [1.807, 2.05) is 12.1 Å². The van der Waals surface area contributed by atoms with Crippen molar-refractivity contribution in [2.75, 3.05) is 6.54 Å². The van der Waals surface area contributed by atoms with Gasteiger partial charge in [0.05, 0.1) is 0 Å². The lowest BCUT2D eigenvalue weighted by molar-refractivity contribution is 0.480. The fraction of sp³-hybridized carbons (Fsp3) is 0.368. The molecule has 0 radical (unpaired) electrons. The maximum Gasteiger partial charge on any atom is 0.127 e. The van der Waals surface area contributed by atoms with Crippen molar-refractivity contribution in [3.05, 3.63) is 59.2 Å². The fourth-order valence-corrected chi connectivity index (χ4v) is 2.26. The van der Waals surface area contributed by atoms with Gasteiger partial charge in [-0.15, -0.1) is 0 Å². The highest BCUT2D eigenvalue weighted by atomic mass is 16.5. The molecule has 0 bridgehead atoms. The molecule has 0 heterocycles. The van der Waals surface area contributed by atoms with Crippen molar-refractivity contribution < 1.29 is 4.74 Å². The Labute approximate surface area is 128 Å². The van der Waals surface area contributed by atoms with Crippen LogP contribution in [0.25, 0.3) is 0 Å². The zero-order chi connectivity index (χ0) is 15.2. The van der Waals surface area contributed by atoms with E-state index in [1.54, 1.807) is 0 Å². The number of aryl methyl sites for hydroxylation is 1. The summed E-state index contributed by atoms with van der Waals surface area (Å²) >= 11 is 0. The lowest BCUT2D eigenvalue weighted by Crippen LogP contribution is -2.12. The molecule has 2 nitrogen and oxygen atoms in total. The van der Waals surface area contributed by atoms with Gasteiger partial charge in [0.15, 0.2) is 0 Å². The predicted molar refractivity (Wildman–Crippen MR) is 89.2 cm³/mol. The van der Waals surface area contributed by atoms with Crippen molar-refractivity contribution in [3.8, 4) is 11.5 Å². The molecule has 2 aromatic carbocycles. The van der Waals surface area contributed by atoms with Crippen LogP contribution < -0.4 is 10.1 Å². The van der Waals surface area contributed by atoms with E-state index < -0.39 is 0 Å². The lowest BCUT2D eigenvalue weighted by atomic mass is 10.0. The Morgan fingerprint density at radius 1 is 1.05 bits per heavy atom. The number of rotatable bonds is 6. The van der Waals surface area contributed by atoms with Gasteiger partial charge in [0.25, 0.3) is 0 Å². The fourth-order valence-electron chi connectivity index (χ4n) is 2.26. The van der Waals surface area contributed by atoms with Crippen LogP contribution in [0.2, 0.25) is 0 Å². The van der Waals surface area contributed by atoms with Crippen LogP contribution in [0.5, 0.6) is 11.5 Å². The van der Waals surface area contributed by atoms with E-state index in [0.29, 0.717) is 5.92 Å². The molecule has 0 spiro atoms. The first-order valence-corrected chi connectivity index (χ1v) is 7.68. The third-order valence-corrected chi connectivity index (χ3v) is 3.64. The molecule has 0 atom stereocenters. The summed E-state index contributed by atoms with van der Waals surface area (Å²) in [6.45, 7) is 10.5. The maximum absolute atomic E-state index is 5.99. The first-order valence-electron chi connectivity index (χ1n) is 7.68. The van der Waals surface area contributed by atoms with Crippen LogP contribution in [-0.4, -0.2) is 6.54 Å². The van der Waals surface area contributed by atoms with Crippen LogP contribution in [0, 0.1) is 6.92 Å². The van der Waals surface area contributed by atoms with Gasteiger partial charge in [0.1, 0.15) is 11.5 Å². The second-order valence-electron chi connectivity index (χ2n) is 5.70. The maximum atomic E-state index is 5.99. The molecule has 112 valence electrons. The minimum Gasteiger partial charge on any atom is -0.457 e. The van der Waals surface area contributed by atoms with Crippen molar-refractivity contribution >= 4 is 0 Å². The highest BCUT2D eigenvalue weighted by Gasteiger charge is 2.04. The largest absolute Gasteiger partial charge is 0.457 e. The SMILES string of the molecule is CCNCc1ccc(Oc2cccc(C(C)C)c2)cc1C. The van der Waals surface area contributed by atoms with E-state index in [1.165, 1.54) is 16.7 Å². The zero-order valence-electron chi connectivity index (χ0n) is 13.4. The standard InChI is InChI=1S/C19H25NO/c1-5-20-13-17-9-10-19(11-15(17)4)21-18-8-6-7-16(12-18)14(2)3/h6-12,14,20H,5,13H2,1-4H3. The Kier molecular flexibility index (Phi) is 5.40. The van der Waals surface area contributed by atoms with Crippen molar-refractivity contribution in [2.45, 2.75) is 40.2 Å². The normalized spacial score (nSPS) is 10.9. The van der Waals surface area contributed by atoms with Crippen LogP contribution in [0.15, 0.2) is 42.5 Å². The molecule has 0 saturated carbocycles. The van der Waals surface area contributed by atoms with E-state index in [0.717, 1.165) is 24.6 Å². The second kappa shape index (κ2) is 7.28. The van der Waals surface area contributed by atoms with E-state index in [2.05, 4.69) is 63.3 Å². The van der Waals surface area contributed by atoms with E-state index in [4.69, 9.17) is 4.74 Å². The lowest BCUT2D eigenvalue weighted by Gasteiger charge is -2.12. The second-order valence-corrected chi connectivity index (χ2v) is 5.70. The smallest absolute Gasteiger partial charge is 0.127 e. The van der Waals surface area contributed by atoms with Crippen molar-refractivity contribution in [3.63, 3.8) is 0 Å². The molecule has 2 rings (SSSR count). The number of hydrogen-bond acceptors (Lipinski definition) is 2. The topological polar surface area (TPSA) is 21.3 Å². The molecular formula is C19H25NO. The number of nitrogens with one attached hydrogen (secondary N) is 1. The Morgan fingerprint density at radius 2 is 1.81 bits per heavy atom. The third kappa shape index (κ3) is 4.33. The van der Waals surface area contributed by atoms with Crippen LogP contribution in [-0.2, 0) is 6.54 Å². The summed E-state index contributed by atoms with van der Waals surface area (Å²) in [5.41, 5.74) is 3.88. The molecule has 0 saturated heterocycles. The van der Waals surface area contributed by atoms with Gasteiger partial charge in [-0.1, -0.05) is 39.0 Å². The Hall–Kier alpha value is -1.80. The monoisotopic (exact) mass is 283 g/mol. The summed E-state index contributed by atoms with van der Waals surface area (Å²) in [6, 6.07) is 14.6. The average Bonchev–Trinajstić information content (AvgIpc) is 2.47. The summed E-state index contributed by atoms with van der Waals surface area (Å²) in [7, 11) is 0. The van der Waals surface area contributed by atoms with Crippen LogP contribution in [0.4, 0.5) is 0 Å². The molecule has 0 aliphatic rings. The van der Waals surface area contributed by atoms with Gasteiger partial charge < -0.3 is 10.1 Å². The molecule has 2 aromatic rings. The molecule has 0 amide bonds. The van der Waals surface area contributed by atoms with Gasteiger partial charge >= 0.3 is 0 Å². The van der Waals surface area contributed by atoms with E-state index in [-0.39, 0.29) is 0 Å². The molecule has 0 unspecified atom stereocenters. The van der Waals surface area contributed by atoms with Gasteiger partial charge in [-0.2, -0.15) is 0 Å². The Bertz CT molecular complexity index is 590. The highest BCUT2D eigenvalue weighted by Crippen LogP contribution is 2.26. The zero-order valence-corrected chi connectivity index (χ0v) is 13.4. The first-order chi connectivity index (χ1) is 10.1. The van der Waals surface area contributed by atoms with Gasteiger partial charge in [-0.25, -0.2) is 0 Å². The van der Waals surface area contributed by atoms with Gasteiger partial charge in [-0.05, 0) is 60.3 Å². The third-order valence-electron chi connectivity index (χ3n) is 3.64. The van der Waals surface area contributed by atoms with E-state index >= 15 is 0 Å². The first kappa shape index (κ1) is 15.6. The van der Waals surface area contributed by atoms with Gasteiger partial charge in [-0.3, -0.25) is 0 Å². The number of hydrogen-bond donors (Lipinski definition) is 1. The van der Waals surface area contributed by atoms with Crippen molar-refractivity contribution in [2.24, 2.45) is 0 Å². The minimum absolute atomic E-state index is 0.512. The summed E-state index contributed by atoms with van der Waals surface area (Å²) in [5, 5.41) is 3.35. The summed E-state index contributed by atoms with van der Waals surface area (Å²) in [5.74, 6) is 2.31. The summed E-state index contributed by atoms with van der Waals surface area (Å²) < 4.78 is 5.99. The van der Waals surface area contributed by atoms with Crippen LogP contribution >= 0.6 is 0 Å². The molecule has 1 N–H and O–H groups in total. The average molecular weight is 283 g/mol. The summed E-state index contributed by atoms with van der Waals surface area (Å²) in [6.07, 6.45) is 0. The Balaban J connectivity index is 2.12. The van der Waals surface area contributed by atoms with Gasteiger partial charge in [0.2, 0.25) is 0 Å². The molecule has 0 aliphatic carbocycles. The molecule has 0 fully saturated rings. The molecule has 0 aromatic heterocycles. The quantitative estimate of drug-likeness (QED) is 0.803. The van der Waals surface area contributed by atoms with Crippen molar-refractivity contribution in [1.29, 1.82) is 0 Å². The molecule has 0 aliphatic heterocycles. The number of ether oxygens (including phenoxy) is 1. The minimum atomic E-state index is 0.512. The highest BCUT2D eigenvalue weighted by molar-refractivity contribution is 5.39. The van der Waals surface area contributed by atoms with Crippen molar-refractivity contribution in [1.82, 2.24) is 5.32 Å². The molecular weight excluding hydrogens is 258 g/mol. The van der Waals surface area contributed by atoms with Gasteiger partial charge in [0, 0.05) is 6.54 Å². The molecule has 2 heteroatoms. The van der Waals surface area contributed by atoms with E-state index in [9.17, 15) is 0 Å². The van der Waals surface area contributed by atoms with Crippen LogP contribution in [0.1, 0.15) is 43.4 Å². The summed E-state index contributed by atoms with van der Waals surface area (Å²) in [4.78, 5) is 0. The Morgan fingerprint density at radius 3 is 2.48 bits per heavy atom. The molecule has 21 heavy (non-hydrogen) atoms. The van der Waals surface area contributed by atoms with Crippen LogP contribution in [0.3, 0.4) is 0 Å². The number of benzene rings is 2.